The second-order valence-electron chi connectivity index (χ2n) is 4.65. The van der Waals surface area contributed by atoms with Crippen molar-refractivity contribution in [2.75, 3.05) is 7.11 Å². The molecular weight excluding hydrogens is 262 g/mol. The Balaban J connectivity index is 2.04. The number of nitrogens with one attached hydrogen (secondary N) is 1. The number of carbonyl (C=O) groups is 1. The Hall–Kier alpha value is -2.55. The summed E-state index contributed by atoms with van der Waals surface area (Å²) in [6.45, 7) is 2.42. The summed E-state index contributed by atoms with van der Waals surface area (Å²) in [6, 6.07) is 12.1. The van der Waals surface area contributed by atoms with Crippen LogP contribution in [0, 0.1) is 0 Å². The number of carbonyl (C=O) groups excluding carboxylic acids is 1. The summed E-state index contributed by atoms with van der Waals surface area (Å²) < 4.78 is 5.21. The molecular formula is C18H19NO2. The van der Waals surface area contributed by atoms with Crippen molar-refractivity contribution in [3.05, 3.63) is 66.3 Å². The monoisotopic (exact) mass is 281 g/mol. The largest absolute Gasteiger partial charge is 0.497 e. The molecule has 0 atom stereocenters. The number of fused-ring (bicyclic) bond motifs is 1. The lowest BCUT2D eigenvalue weighted by Crippen LogP contribution is -2.20. The number of methoxy groups -OCH3 is 1. The Bertz CT molecular complexity index is 687. The lowest BCUT2D eigenvalue weighted by atomic mass is 10.1. The maximum atomic E-state index is 11.6. The topological polar surface area (TPSA) is 38.3 Å². The number of hydrogen-bond acceptors (Lipinski definition) is 2. The molecule has 0 heterocycles. The minimum absolute atomic E-state index is 0.0945. The zero-order valence-corrected chi connectivity index (χ0v) is 12.3. The van der Waals surface area contributed by atoms with Gasteiger partial charge in [-0.25, -0.2) is 0 Å². The van der Waals surface area contributed by atoms with Crippen LogP contribution in [0.3, 0.4) is 0 Å². The van der Waals surface area contributed by atoms with Crippen LogP contribution in [0.2, 0.25) is 0 Å². The smallest absolute Gasteiger partial charge is 0.244 e. The van der Waals surface area contributed by atoms with Crippen LogP contribution in [-0.4, -0.2) is 13.0 Å². The number of rotatable bonds is 5. The van der Waals surface area contributed by atoms with Gasteiger partial charge in [0.2, 0.25) is 5.91 Å². The highest BCUT2D eigenvalue weighted by Crippen LogP contribution is 2.21. The molecule has 0 fully saturated rings. The van der Waals surface area contributed by atoms with Gasteiger partial charge in [-0.3, -0.25) is 4.79 Å². The van der Waals surface area contributed by atoms with E-state index < -0.39 is 0 Å². The second-order valence-corrected chi connectivity index (χ2v) is 4.65. The highest BCUT2D eigenvalue weighted by molar-refractivity contribution is 5.88. The van der Waals surface area contributed by atoms with Crippen molar-refractivity contribution in [3.8, 4) is 5.75 Å². The lowest BCUT2D eigenvalue weighted by Gasteiger charge is -2.06. The summed E-state index contributed by atoms with van der Waals surface area (Å²) in [4.78, 5) is 11.6. The van der Waals surface area contributed by atoms with E-state index in [4.69, 9.17) is 4.74 Å². The summed E-state index contributed by atoms with van der Waals surface area (Å²) in [5.41, 5.74) is 1.07. The van der Waals surface area contributed by atoms with Gasteiger partial charge < -0.3 is 10.1 Å². The van der Waals surface area contributed by atoms with Gasteiger partial charge in [-0.05, 0) is 41.5 Å². The van der Waals surface area contributed by atoms with Crippen molar-refractivity contribution in [3.63, 3.8) is 0 Å². The lowest BCUT2D eigenvalue weighted by molar-refractivity contribution is -0.116. The molecule has 0 aliphatic carbocycles. The second kappa shape index (κ2) is 7.29. The summed E-state index contributed by atoms with van der Waals surface area (Å²) >= 11 is 0. The molecule has 0 aliphatic heterocycles. The van der Waals surface area contributed by atoms with E-state index in [1.807, 2.05) is 49.4 Å². The standard InChI is InChI=1S/C18H19NO2/c1-3-4-5-6-18(20)19-13-14-7-8-16-12-17(21-2)10-9-15(16)11-14/h3-12H,13H2,1-2H3,(H,19,20)/b4-3+,6-5+. The van der Waals surface area contributed by atoms with Crippen molar-refractivity contribution in [1.82, 2.24) is 5.32 Å². The molecule has 3 heteroatoms. The van der Waals surface area contributed by atoms with Crippen molar-refractivity contribution < 1.29 is 9.53 Å². The Kier molecular flexibility index (Phi) is 5.16. The minimum atomic E-state index is -0.0945. The molecule has 3 nitrogen and oxygen atoms in total. The molecule has 108 valence electrons. The normalized spacial score (nSPS) is 11.3. The SMILES string of the molecule is C/C=C/C=C/C(=O)NCc1ccc2cc(OC)ccc2c1. The van der Waals surface area contributed by atoms with E-state index >= 15 is 0 Å². The summed E-state index contributed by atoms with van der Waals surface area (Å²) in [7, 11) is 1.66. The third kappa shape index (κ3) is 4.21. The van der Waals surface area contributed by atoms with E-state index in [-0.39, 0.29) is 5.91 Å². The predicted octanol–water partition coefficient (Wildman–Crippen LogP) is 3.60. The average molecular weight is 281 g/mol. The van der Waals surface area contributed by atoms with Crippen LogP contribution in [0.25, 0.3) is 10.8 Å². The van der Waals surface area contributed by atoms with Gasteiger partial charge in [-0.15, -0.1) is 0 Å². The Morgan fingerprint density at radius 3 is 2.67 bits per heavy atom. The zero-order valence-electron chi connectivity index (χ0n) is 12.3. The van der Waals surface area contributed by atoms with Crippen molar-refractivity contribution >= 4 is 16.7 Å². The summed E-state index contributed by atoms with van der Waals surface area (Å²) in [5, 5.41) is 5.11. The quantitative estimate of drug-likeness (QED) is 0.672. The first-order valence-corrected chi connectivity index (χ1v) is 6.87. The molecule has 2 rings (SSSR count). The molecule has 21 heavy (non-hydrogen) atoms. The van der Waals surface area contributed by atoms with E-state index in [9.17, 15) is 4.79 Å². The van der Waals surface area contributed by atoms with Gasteiger partial charge in [0, 0.05) is 12.6 Å². The highest BCUT2D eigenvalue weighted by Gasteiger charge is 2.00. The van der Waals surface area contributed by atoms with Gasteiger partial charge in [0.1, 0.15) is 5.75 Å². The number of ether oxygens (including phenoxy) is 1. The first-order valence-electron chi connectivity index (χ1n) is 6.87. The van der Waals surface area contributed by atoms with Crippen molar-refractivity contribution in [1.29, 1.82) is 0 Å². The summed E-state index contributed by atoms with van der Waals surface area (Å²) in [6.07, 6.45) is 6.94. The van der Waals surface area contributed by atoms with Crippen molar-refractivity contribution in [2.45, 2.75) is 13.5 Å². The molecule has 0 bridgehead atoms. The fourth-order valence-corrected chi connectivity index (χ4v) is 2.01. The van der Waals surface area contributed by atoms with E-state index in [0.29, 0.717) is 6.54 Å². The molecule has 0 saturated heterocycles. The molecule has 0 unspecified atom stereocenters. The Labute approximate surface area is 124 Å². The van der Waals surface area contributed by atoms with Crippen LogP contribution in [-0.2, 0) is 11.3 Å². The molecule has 0 aromatic heterocycles. The van der Waals surface area contributed by atoms with Gasteiger partial charge in [-0.1, -0.05) is 36.4 Å². The van der Waals surface area contributed by atoms with E-state index in [0.717, 1.165) is 22.1 Å². The molecule has 2 aromatic carbocycles. The number of allylic oxidation sites excluding steroid dienone is 3. The van der Waals surface area contributed by atoms with Crippen molar-refractivity contribution in [2.24, 2.45) is 0 Å². The molecule has 0 saturated carbocycles. The zero-order chi connectivity index (χ0) is 15.1. The van der Waals surface area contributed by atoms with E-state index in [2.05, 4.69) is 11.4 Å². The maximum absolute atomic E-state index is 11.6. The molecule has 0 radical (unpaired) electrons. The van der Waals surface area contributed by atoms with E-state index in [1.54, 1.807) is 13.2 Å². The van der Waals surface area contributed by atoms with Gasteiger partial charge in [0.25, 0.3) is 0 Å². The van der Waals surface area contributed by atoms with E-state index in [1.165, 1.54) is 6.08 Å². The fourth-order valence-electron chi connectivity index (χ4n) is 2.01. The predicted molar refractivity (Wildman–Crippen MR) is 86.3 cm³/mol. The Morgan fingerprint density at radius 2 is 1.90 bits per heavy atom. The molecule has 1 N–H and O–H groups in total. The van der Waals surface area contributed by atoms with Gasteiger partial charge in [-0.2, -0.15) is 0 Å². The fraction of sp³-hybridized carbons (Fsp3) is 0.167. The third-order valence-electron chi connectivity index (χ3n) is 3.13. The first kappa shape index (κ1) is 14.9. The van der Waals surface area contributed by atoms with Crippen LogP contribution >= 0.6 is 0 Å². The van der Waals surface area contributed by atoms with Gasteiger partial charge in [0.05, 0.1) is 7.11 Å². The van der Waals surface area contributed by atoms with Gasteiger partial charge >= 0.3 is 0 Å². The van der Waals surface area contributed by atoms with Crippen LogP contribution in [0.15, 0.2) is 60.7 Å². The average Bonchev–Trinajstić information content (AvgIpc) is 2.52. The van der Waals surface area contributed by atoms with Crippen LogP contribution in [0.4, 0.5) is 0 Å². The number of hydrogen-bond donors (Lipinski definition) is 1. The molecule has 0 spiro atoms. The number of amides is 1. The Morgan fingerprint density at radius 1 is 1.14 bits per heavy atom. The molecule has 0 aliphatic rings. The third-order valence-corrected chi connectivity index (χ3v) is 3.13. The summed E-state index contributed by atoms with van der Waals surface area (Å²) in [5.74, 6) is 0.751. The van der Waals surface area contributed by atoms with Crippen LogP contribution in [0.5, 0.6) is 5.75 Å². The molecule has 1 amide bonds. The number of benzene rings is 2. The van der Waals surface area contributed by atoms with Crippen LogP contribution < -0.4 is 10.1 Å². The maximum Gasteiger partial charge on any atom is 0.244 e. The van der Waals surface area contributed by atoms with Crippen LogP contribution in [0.1, 0.15) is 12.5 Å². The minimum Gasteiger partial charge on any atom is -0.497 e. The first-order chi connectivity index (χ1) is 10.2. The highest BCUT2D eigenvalue weighted by atomic mass is 16.5. The molecule has 2 aromatic rings. The van der Waals surface area contributed by atoms with Gasteiger partial charge in [0.15, 0.2) is 0 Å².